The van der Waals surface area contributed by atoms with Gasteiger partial charge in [-0.25, -0.2) is 4.79 Å². The molecule has 1 aliphatic heterocycles. The zero-order valence-electron chi connectivity index (χ0n) is 30.4. The fraction of sp³-hybridized carbons (Fsp3) is 0.342. The molecule has 3 amide bonds. The largest absolute Gasteiger partial charge is 0.480 e. The fourth-order valence-electron chi connectivity index (χ4n) is 6.42. The lowest BCUT2D eigenvalue weighted by Gasteiger charge is -2.19. The summed E-state index contributed by atoms with van der Waals surface area (Å²) in [5.74, 6) is -2.47. The number of carboxylic acids is 1. The lowest BCUT2D eigenvalue weighted by Crippen LogP contribution is -2.45. The van der Waals surface area contributed by atoms with Crippen molar-refractivity contribution in [3.05, 3.63) is 88.4 Å². The van der Waals surface area contributed by atoms with Gasteiger partial charge >= 0.3 is 30.0 Å². The molecule has 0 saturated heterocycles. The van der Waals surface area contributed by atoms with E-state index < -0.39 is 54.1 Å². The van der Waals surface area contributed by atoms with Crippen LogP contribution in [0.5, 0.6) is 17.5 Å². The van der Waals surface area contributed by atoms with Crippen LogP contribution in [-0.2, 0) is 19.9 Å². The van der Waals surface area contributed by atoms with Gasteiger partial charge in [-0.2, -0.15) is 28.1 Å². The first-order valence-corrected chi connectivity index (χ1v) is 18.5. The van der Waals surface area contributed by atoms with E-state index in [0.717, 1.165) is 17.5 Å². The van der Waals surface area contributed by atoms with E-state index in [0.29, 0.717) is 35.1 Å². The molecular formula is C38H36ClF3N8O8. The molecule has 304 valence electrons. The van der Waals surface area contributed by atoms with E-state index in [2.05, 4.69) is 41.5 Å². The van der Waals surface area contributed by atoms with Crippen molar-refractivity contribution < 1.29 is 51.7 Å². The number of carboxylic acid groups (broad SMARTS) is 1. The van der Waals surface area contributed by atoms with Crippen LogP contribution in [0.25, 0.3) is 0 Å². The summed E-state index contributed by atoms with van der Waals surface area (Å²) >= 11 is 6.03. The molecular weight excluding hydrogens is 789 g/mol. The van der Waals surface area contributed by atoms with Crippen LogP contribution in [-0.4, -0.2) is 82.5 Å². The van der Waals surface area contributed by atoms with Crippen LogP contribution in [0.2, 0.25) is 5.02 Å². The average Bonchev–Trinajstić information content (AvgIpc) is 4.10. The first kappa shape index (κ1) is 39.8. The molecule has 1 aromatic heterocycles. The maximum atomic E-state index is 13.0. The Hall–Kier alpha value is -6.37. The summed E-state index contributed by atoms with van der Waals surface area (Å²) in [6.07, 6.45) is -2.67. The smallest absolute Gasteiger partial charge is 0.422 e. The molecule has 0 bridgehead atoms. The molecule has 6 N–H and O–H groups in total. The van der Waals surface area contributed by atoms with Gasteiger partial charge in [-0.1, -0.05) is 35.9 Å². The van der Waals surface area contributed by atoms with Crippen LogP contribution in [0, 0.1) is 5.92 Å². The van der Waals surface area contributed by atoms with Crippen molar-refractivity contribution in [3.63, 3.8) is 0 Å². The Balaban J connectivity index is 0.899. The Kier molecular flexibility index (Phi) is 11.4. The molecule has 3 aliphatic rings. The summed E-state index contributed by atoms with van der Waals surface area (Å²) in [5.41, 5.74) is 1.71. The SMILES string of the molecule is O=C(NCC[C@H](NC(=O)c1ccc(Nc2nc(NC3(c4ccc(Cl)cc4)CC3)nc(OCC(F)(F)F)n2)cc1)C(=O)O)C(=O)NCC1CC1c1cccc2c1OCO2. The topological polar surface area (TPSA) is 215 Å². The average molecular weight is 825 g/mol. The minimum atomic E-state index is -4.65. The van der Waals surface area contributed by atoms with Crippen LogP contribution >= 0.6 is 11.6 Å². The number of hydrogen-bond acceptors (Lipinski definition) is 12. The number of nitrogens with zero attached hydrogens (tertiary/aromatic N) is 3. The Labute approximate surface area is 333 Å². The molecule has 0 radical (unpaired) electrons. The Morgan fingerprint density at radius 3 is 2.36 bits per heavy atom. The van der Waals surface area contributed by atoms with Crippen molar-refractivity contribution in [2.45, 2.75) is 49.4 Å². The maximum Gasteiger partial charge on any atom is 0.422 e. The fourth-order valence-corrected chi connectivity index (χ4v) is 6.55. The first-order chi connectivity index (χ1) is 27.7. The van der Waals surface area contributed by atoms with E-state index in [-0.39, 0.29) is 55.6 Å². The zero-order valence-corrected chi connectivity index (χ0v) is 31.2. The summed E-state index contributed by atoms with van der Waals surface area (Å²) in [6.45, 7) is -1.44. The minimum Gasteiger partial charge on any atom is -0.480 e. The second kappa shape index (κ2) is 16.6. The number of halogens is 4. The van der Waals surface area contributed by atoms with Gasteiger partial charge < -0.3 is 45.9 Å². The molecule has 20 heteroatoms. The molecule has 4 aromatic rings. The Morgan fingerprint density at radius 1 is 0.931 bits per heavy atom. The van der Waals surface area contributed by atoms with Gasteiger partial charge in [0, 0.05) is 34.9 Å². The molecule has 58 heavy (non-hydrogen) atoms. The van der Waals surface area contributed by atoms with Gasteiger partial charge in [0.25, 0.3) is 5.91 Å². The van der Waals surface area contributed by atoms with Crippen LogP contribution in [0.1, 0.15) is 53.1 Å². The number of fused-ring (bicyclic) bond motifs is 1. The van der Waals surface area contributed by atoms with E-state index in [4.69, 9.17) is 25.8 Å². The second-order valence-corrected chi connectivity index (χ2v) is 14.3. The van der Waals surface area contributed by atoms with E-state index in [1.807, 2.05) is 30.3 Å². The molecule has 2 aliphatic carbocycles. The number of carbonyl (C=O) groups is 4. The standard InChI is InChI=1S/C38H36ClF3N8O8/c39-23-8-6-22(7-9-23)37(13-14-37)50-35-47-34(48-36(49-35)56-18-38(40,41)42)45-24-10-4-20(5-11-24)30(51)46-27(33(54)55)12-15-43-31(52)32(53)44-17-21-16-26(21)25-2-1-3-28-29(25)58-19-57-28/h1-11,21,26-27H,12-19H2,(H,43,52)(H,44,53)(H,46,51)(H,54,55)(H2,45,47,48,49,50)/t21?,26?,27-/m0/s1. The van der Waals surface area contributed by atoms with E-state index in [1.54, 1.807) is 12.1 Å². The van der Waals surface area contributed by atoms with Crippen molar-refractivity contribution >= 4 is 52.9 Å². The molecule has 2 heterocycles. The number of para-hydroxylation sites is 1. The summed E-state index contributed by atoms with van der Waals surface area (Å²) in [4.78, 5) is 62.1. The summed E-state index contributed by atoms with van der Waals surface area (Å²) in [5, 5.41) is 23.7. The third-order valence-corrected chi connectivity index (χ3v) is 9.94. The number of ether oxygens (including phenoxy) is 3. The molecule has 2 unspecified atom stereocenters. The highest BCUT2D eigenvalue weighted by molar-refractivity contribution is 6.35. The predicted molar refractivity (Wildman–Crippen MR) is 200 cm³/mol. The predicted octanol–water partition coefficient (Wildman–Crippen LogP) is 4.65. The van der Waals surface area contributed by atoms with Crippen molar-refractivity contribution in [1.29, 1.82) is 0 Å². The number of nitrogens with one attached hydrogen (secondary N) is 5. The number of aliphatic carboxylic acids is 1. The third kappa shape index (κ3) is 9.95. The monoisotopic (exact) mass is 824 g/mol. The van der Waals surface area contributed by atoms with Gasteiger partial charge in [0.1, 0.15) is 6.04 Å². The highest BCUT2D eigenvalue weighted by Crippen LogP contribution is 2.53. The summed E-state index contributed by atoms with van der Waals surface area (Å²) in [6, 6.07) is 16.4. The van der Waals surface area contributed by atoms with Gasteiger partial charge in [0.2, 0.25) is 18.7 Å². The van der Waals surface area contributed by atoms with Gasteiger partial charge in [-0.05, 0) is 85.5 Å². The lowest BCUT2D eigenvalue weighted by molar-refractivity contribution is -0.154. The number of amides is 3. The van der Waals surface area contributed by atoms with Gasteiger partial charge in [0.15, 0.2) is 18.1 Å². The van der Waals surface area contributed by atoms with E-state index in [9.17, 15) is 37.5 Å². The van der Waals surface area contributed by atoms with Crippen molar-refractivity contribution in [2.75, 3.05) is 37.1 Å². The molecule has 0 spiro atoms. The van der Waals surface area contributed by atoms with Crippen LogP contribution in [0.4, 0.5) is 30.8 Å². The molecule has 7 rings (SSSR count). The van der Waals surface area contributed by atoms with Crippen LogP contribution < -0.4 is 40.8 Å². The molecule has 2 saturated carbocycles. The van der Waals surface area contributed by atoms with Gasteiger partial charge in [-0.3, -0.25) is 14.4 Å². The van der Waals surface area contributed by atoms with Gasteiger partial charge in [0.05, 0.1) is 5.54 Å². The number of anilines is 3. The summed E-state index contributed by atoms with van der Waals surface area (Å²) in [7, 11) is 0. The highest BCUT2D eigenvalue weighted by Gasteiger charge is 2.45. The molecule has 3 aromatic carbocycles. The lowest BCUT2D eigenvalue weighted by atomic mass is 10.1. The van der Waals surface area contributed by atoms with E-state index >= 15 is 0 Å². The normalized spacial score (nSPS) is 17.7. The number of rotatable bonds is 16. The minimum absolute atomic E-state index is 0.0422. The number of carbonyl (C=O) groups excluding carboxylic acids is 3. The van der Waals surface area contributed by atoms with Crippen molar-refractivity contribution in [1.82, 2.24) is 30.9 Å². The highest BCUT2D eigenvalue weighted by atomic mass is 35.5. The second-order valence-electron chi connectivity index (χ2n) is 13.9. The number of aromatic nitrogens is 3. The van der Waals surface area contributed by atoms with Crippen LogP contribution in [0.3, 0.4) is 0 Å². The Morgan fingerprint density at radius 2 is 1.66 bits per heavy atom. The number of benzene rings is 3. The third-order valence-electron chi connectivity index (χ3n) is 9.68. The molecule has 2 fully saturated rings. The van der Waals surface area contributed by atoms with Crippen molar-refractivity contribution in [2.24, 2.45) is 5.92 Å². The number of alkyl halides is 3. The zero-order chi connectivity index (χ0) is 41.0. The molecule has 16 nitrogen and oxygen atoms in total. The molecule has 3 atom stereocenters. The van der Waals surface area contributed by atoms with Crippen molar-refractivity contribution in [3.8, 4) is 17.5 Å². The number of hydrogen-bond donors (Lipinski definition) is 6. The summed E-state index contributed by atoms with van der Waals surface area (Å²) < 4.78 is 54.7. The van der Waals surface area contributed by atoms with E-state index in [1.165, 1.54) is 24.3 Å². The Bertz CT molecular complexity index is 2190. The first-order valence-electron chi connectivity index (χ1n) is 18.1. The van der Waals surface area contributed by atoms with Crippen LogP contribution in [0.15, 0.2) is 66.7 Å². The maximum absolute atomic E-state index is 13.0. The quantitative estimate of drug-likeness (QED) is 0.0851. The van der Waals surface area contributed by atoms with Gasteiger partial charge in [-0.15, -0.1) is 0 Å².